The molecule has 18 heavy (non-hydrogen) atoms. The summed E-state index contributed by atoms with van der Waals surface area (Å²) in [5, 5.41) is 3.01. The lowest BCUT2D eigenvalue weighted by Crippen LogP contribution is -2.59. The number of hydrogen-bond donors (Lipinski definition) is 2. The highest BCUT2D eigenvalue weighted by molar-refractivity contribution is 5.77. The van der Waals surface area contributed by atoms with Crippen LogP contribution >= 0.6 is 0 Å². The molecule has 0 aromatic heterocycles. The van der Waals surface area contributed by atoms with Crippen LogP contribution in [-0.2, 0) is 9.59 Å². The maximum Gasteiger partial charge on any atom is 0.222 e. The van der Waals surface area contributed by atoms with Gasteiger partial charge in [-0.3, -0.25) is 9.59 Å². The highest BCUT2D eigenvalue weighted by atomic mass is 16.2. The fourth-order valence-corrected chi connectivity index (χ4v) is 2.31. The van der Waals surface area contributed by atoms with Crippen molar-refractivity contribution in [2.24, 2.45) is 5.73 Å². The SMILES string of the molecule is C=CN(C=O)CCC(=O)NC1(C)CCCCC1N. The van der Waals surface area contributed by atoms with Gasteiger partial charge in [0, 0.05) is 19.0 Å². The maximum atomic E-state index is 11.9. The molecule has 5 heteroatoms. The lowest BCUT2D eigenvalue weighted by molar-refractivity contribution is -0.124. The summed E-state index contributed by atoms with van der Waals surface area (Å²) in [5.74, 6) is -0.0662. The first-order chi connectivity index (χ1) is 8.51. The van der Waals surface area contributed by atoms with Crippen molar-refractivity contribution in [3.8, 4) is 0 Å². The van der Waals surface area contributed by atoms with E-state index < -0.39 is 0 Å². The third-order valence-electron chi connectivity index (χ3n) is 3.67. The van der Waals surface area contributed by atoms with Crippen LogP contribution in [0.1, 0.15) is 39.0 Å². The first kappa shape index (κ1) is 14.7. The van der Waals surface area contributed by atoms with Crippen molar-refractivity contribution in [1.29, 1.82) is 0 Å². The molecule has 1 rings (SSSR count). The van der Waals surface area contributed by atoms with Crippen molar-refractivity contribution in [1.82, 2.24) is 10.2 Å². The normalized spacial score (nSPS) is 27.3. The van der Waals surface area contributed by atoms with Gasteiger partial charge in [0.2, 0.25) is 12.3 Å². The van der Waals surface area contributed by atoms with Crippen molar-refractivity contribution in [2.75, 3.05) is 6.54 Å². The second-order valence-electron chi connectivity index (χ2n) is 5.09. The summed E-state index contributed by atoms with van der Waals surface area (Å²) in [6.45, 7) is 5.85. The Hall–Kier alpha value is -1.36. The summed E-state index contributed by atoms with van der Waals surface area (Å²) in [4.78, 5) is 23.8. The van der Waals surface area contributed by atoms with Crippen LogP contribution < -0.4 is 11.1 Å². The Morgan fingerprint density at radius 3 is 2.89 bits per heavy atom. The largest absolute Gasteiger partial charge is 0.349 e. The van der Waals surface area contributed by atoms with Crippen molar-refractivity contribution in [3.63, 3.8) is 0 Å². The molecule has 2 unspecified atom stereocenters. The molecule has 0 aromatic rings. The van der Waals surface area contributed by atoms with Gasteiger partial charge in [-0.15, -0.1) is 0 Å². The van der Waals surface area contributed by atoms with Crippen LogP contribution in [0.4, 0.5) is 0 Å². The Morgan fingerprint density at radius 1 is 1.61 bits per heavy atom. The predicted molar refractivity (Wildman–Crippen MR) is 70.6 cm³/mol. The van der Waals surface area contributed by atoms with Crippen LogP contribution in [0.5, 0.6) is 0 Å². The van der Waals surface area contributed by atoms with Gasteiger partial charge in [-0.1, -0.05) is 19.4 Å². The summed E-state index contributed by atoms with van der Waals surface area (Å²) >= 11 is 0. The van der Waals surface area contributed by atoms with Crippen LogP contribution in [0.15, 0.2) is 12.8 Å². The zero-order valence-electron chi connectivity index (χ0n) is 11.0. The summed E-state index contributed by atoms with van der Waals surface area (Å²) in [5.41, 5.74) is 5.76. The molecule has 0 aliphatic heterocycles. The molecular formula is C13H23N3O2. The molecule has 0 radical (unpaired) electrons. The standard InChI is InChI=1S/C13H23N3O2/c1-3-16(10-17)9-7-12(18)15-13(2)8-5-4-6-11(13)14/h3,10-11H,1,4-9,14H2,2H3,(H,15,18). The summed E-state index contributed by atoms with van der Waals surface area (Å²) in [7, 11) is 0. The van der Waals surface area contributed by atoms with Gasteiger partial charge in [0.15, 0.2) is 0 Å². The van der Waals surface area contributed by atoms with E-state index in [1.165, 1.54) is 11.1 Å². The molecule has 1 aliphatic rings. The van der Waals surface area contributed by atoms with E-state index in [1.807, 2.05) is 6.92 Å². The first-order valence-corrected chi connectivity index (χ1v) is 6.42. The molecule has 2 amide bonds. The third kappa shape index (κ3) is 3.84. The van der Waals surface area contributed by atoms with E-state index in [0.29, 0.717) is 13.0 Å². The van der Waals surface area contributed by atoms with E-state index in [9.17, 15) is 9.59 Å². The summed E-state index contributed by atoms with van der Waals surface area (Å²) in [6, 6.07) is 0.0109. The number of amides is 2. The number of nitrogens with two attached hydrogens (primary N) is 1. The molecule has 1 fully saturated rings. The number of hydrogen-bond acceptors (Lipinski definition) is 3. The van der Waals surface area contributed by atoms with Crippen molar-refractivity contribution >= 4 is 12.3 Å². The van der Waals surface area contributed by atoms with Gasteiger partial charge >= 0.3 is 0 Å². The molecule has 1 saturated carbocycles. The lowest BCUT2D eigenvalue weighted by Gasteiger charge is -2.40. The maximum absolute atomic E-state index is 11.9. The van der Waals surface area contributed by atoms with Crippen LogP contribution in [0.2, 0.25) is 0 Å². The zero-order valence-corrected chi connectivity index (χ0v) is 11.0. The summed E-state index contributed by atoms with van der Waals surface area (Å²) in [6.07, 6.45) is 6.43. The minimum absolute atomic E-state index is 0.0109. The molecule has 102 valence electrons. The van der Waals surface area contributed by atoms with Crippen LogP contribution in [-0.4, -0.2) is 35.3 Å². The molecular weight excluding hydrogens is 230 g/mol. The summed E-state index contributed by atoms with van der Waals surface area (Å²) < 4.78 is 0. The van der Waals surface area contributed by atoms with Crippen molar-refractivity contribution in [2.45, 2.75) is 50.6 Å². The molecule has 5 nitrogen and oxygen atoms in total. The van der Waals surface area contributed by atoms with Gasteiger partial charge in [-0.2, -0.15) is 0 Å². The minimum Gasteiger partial charge on any atom is -0.349 e. The van der Waals surface area contributed by atoms with Gasteiger partial charge in [0.25, 0.3) is 0 Å². The average molecular weight is 253 g/mol. The molecule has 0 heterocycles. The van der Waals surface area contributed by atoms with E-state index in [0.717, 1.165) is 25.7 Å². The second-order valence-corrected chi connectivity index (χ2v) is 5.09. The Balaban J connectivity index is 2.43. The van der Waals surface area contributed by atoms with Gasteiger partial charge in [-0.25, -0.2) is 0 Å². The van der Waals surface area contributed by atoms with E-state index in [-0.39, 0.29) is 23.9 Å². The highest BCUT2D eigenvalue weighted by Gasteiger charge is 2.35. The second kappa shape index (κ2) is 6.54. The monoisotopic (exact) mass is 253 g/mol. The number of carbonyl (C=O) groups excluding carboxylic acids is 2. The molecule has 0 aromatic carbocycles. The highest BCUT2D eigenvalue weighted by Crippen LogP contribution is 2.26. The Kier molecular flexibility index (Phi) is 5.34. The zero-order chi connectivity index (χ0) is 13.6. The molecule has 0 saturated heterocycles. The fourth-order valence-electron chi connectivity index (χ4n) is 2.31. The number of nitrogens with one attached hydrogen (secondary N) is 1. The number of carbonyl (C=O) groups is 2. The molecule has 0 bridgehead atoms. The Bertz CT molecular complexity index is 311. The molecule has 3 N–H and O–H groups in total. The predicted octanol–water partition coefficient (Wildman–Crippen LogP) is 0.755. The topological polar surface area (TPSA) is 75.4 Å². The number of rotatable bonds is 6. The van der Waals surface area contributed by atoms with Gasteiger partial charge < -0.3 is 16.0 Å². The van der Waals surface area contributed by atoms with Gasteiger partial charge in [0.1, 0.15) is 0 Å². The average Bonchev–Trinajstić information content (AvgIpc) is 2.34. The van der Waals surface area contributed by atoms with E-state index in [2.05, 4.69) is 11.9 Å². The van der Waals surface area contributed by atoms with E-state index in [1.54, 1.807) is 0 Å². The molecule has 2 atom stereocenters. The third-order valence-corrected chi connectivity index (χ3v) is 3.67. The van der Waals surface area contributed by atoms with Crippen molar-refractivity contribution < 1.29 is 9.59 Å². The van der Waals surface area contributed by atoms with E-state index >= 15 is 0 Å². The Morgan fingerprint density at radius 2 is 2.33 bits per heavy atom. The quantitative estimate of drug-likeness (QED) is 0.686. The van der Waals surface area contributed by atoms with Gasteiger partial charge in [0.05, 0.1) is 5.54 Å². The fraction of sp³-hybridized carbons (Fsp3) is 0.692. The Labute approximate surface area is 108 Å². The van der Waals surface area contributed by atoms with Crippen LogP contribution in [0.25, 0.3) is 0 Å². The van der Waals surface area contributed by atoms with E-state index in [4.69, 9.17) is 5.73 Å². The van der Waals surface area contributed by atoms with Crippen molar-refractivity contribution in [3.05, 3.63) is 12.8 Å². The smallest absolute Gasteiger partial charge is 0.222 e. The lowest BCUT2D eigenvalue weighted by atomic mass is 9.79. The molecule has 0 spiro atoms. The van der Waals surface area contributed by atoms with Gasteiger partial charge in [-0.05, 0) is 26.0 Å². The number of nitrogens with zero attached hydrogens (tertiary/aromatic N) is 1. The minimum atomic E-state index is -0.310. The van der Waals surface area contributed by atoms with Crippen LogP contribution in [0.3, 0.4) is 0 Å². The van der Waals surface area contributed by atoms with Crippen LogP contribution in [0, 0.1) is 0 Å². The first-order valence-electron chi connectivity index (χ1n) is 6.42. The molecule has 1 aliphatic carbocycles.